The van der Waals surface area contributed by atoms with Crippen LogP contribution in [0.2, 0.25) is 0 Å². The fourth-order valence-corrected chi connectivity index (χ4v) is 1.29. The molecule has 0 saturated carbocycles. The van der Waals surface area contributed by atoms with Crippen LogP contribution in [0.4, 0.5) is 0 Å². The van der Waals surface area contributed by atoms with E-state index in [1.807, 2.05) is 0 Å². The number of tetrazole rings is 1. The second-order valence-electron chi connectivity index (χ2n) is 3.36. The number of ether oxygens (including phenoxy) is 2. The first-order valence-corrected chi connectivity index (χ1v) is 5.42. The third-order valence-corrected chi connectivity index (χ3v) is 2.12. The van der Waals surface area contributed by atoms with E-state index in [1.165, 1.54) is 0 Å². The molecule has 0 aliphatic carbocycles. The molecule has 2 aromatic rings. The molecule has 0 aliphatic rings. The summed E-state index contributed by atoms with van der Waals surface area (Å²) >= 11 is 0. The second-order valence-corrected chi connectivity index (χ2v) is 3.36. The van der Waals surface area contributed by atoms with Crippen molar-refractivity contribution in [3.8, 4) is 5.75 Å². The molecule has 0 fully saturated rings. The van der Waals surface area contributed by atoms with E-state index < -0.39 is 0 Å². The number of benzene rings is 1. The zero-order chi connectivity index (χ0) is 12.8. The molecule has 18 heavy (non-hydrogen) atoms. The third-order valence-electron chi connectivity index (χ3n) is 2.12. The van der Waals surface area contributed by atoms with Crippen LogP contribution in [0.1, 0.15) is 23.1 Å². The first kappa shape index (κ1) is 12.0. The number of rotatable bonds is 5. The van der Waals surface area contributed by atoms with Crippen molar-refractivity contribution in [3.05, 3.63) is 35.7 Å². The maximum Gasteiger partial charge on any atom is 0.338 e. The maximum absolute atomic E-state index is 11.4. The van der Waals surface area contributed by atoms with Crippen LogP contribution in [0, 0.1) is 0 Å². The minimum absolute atomic E-state index is 0.218. The van der Waals surface area contributed by atoms with Crippen LogP contribution in [-0.4, -0.2) is 33.2 Å². The van der Waals surface area contributed by atoms with Crippen molar-refractivity contribution < 1.29 is 14.3 Å². The van der Waals surface area contributed by atoms with Crippen molar-refractivity contribution >= 4 is 5.97 Å². The van der Waals surface area contributed by atoms with Gasteiger partial charge in [-0.1, -0.05) is 5.21 Å². The van der Waals surface area contributed by atoms with Gasteiger partial charge in [-0.3, -0.25) is 0 Å². The van der Waals surface area contributed by atoms with Gasteiger partial charge in [0.1, 0.15) is 5.75 Å². The van der Waals surface area contributed by atoms with Gasteiger partial charge >= 0.3 is 5.97 Å². The van der Waals surface area contributed by atoms with Crippen LogP contribution < -0.4 is 4.74 Å². The number of esters is 1. The number of hydrogen-bond donors (Lipinski definition) is 1. The van der Waals surface area contributed by atoms with E-state index in [4.69, 9.17) is 9.47 Å². The quantitative estimate of drug-likeness (QED) is 0.792. The minimum Gasteiger partial charge on any atom is -0.485 e. The van der Waals surface area contributed by atoms with Gasteiger partial charge in [0, 0.05) is 0 Å². The van der Waals surface area contributed by atoms with Crippen LogP contribution in [0.5, 0.6) is 5.75 Å². The zero-order valence-corrected chi connectivity index (χ0v) is 9.79. The summed E-state index contributed by atoms with van der Waals surface area (Å²) in [5.74, 6) is 0.736. The van der Waals surface area contributed by atoms with Crippen molar-refractivity contribution in [2.24, 2.45) is 0 Å². The Morgan fingerprint density at radius 2 is 2.11 bits per heavy atom. The molecule has 0 aliphatic heterocycles. The first-order valence-electron chi connectivity index (χ1n) is 5.42. The number of hydrogen-bond acceptors (Lipinski definition) is 6. The zero-order valence-electron chi connectivity index (χ0n) is 9.79. The van der Waals surface area contributed by atoms with Gasteiger partial charge in [0.05, 0.1) is 12.2 Å². The summed E-state index contributed by atoms with van der Waals surface area (Å²) in [7, 11) is 0. The van der Waals surface area contributed by atoms with E-state index in [-0.39, 0.29) is 12.6 Å². The molecule has 0 unspecified atom stereocenters. The molecule has 7 heteroatoms. The summed E-state index contributed by atoms with van der Waals surface area (Å²) < 4.78 is 10.3. The molecule has 0 radical (unpaired) electrons. The van der Waals surface area contributed by atoms with Gasteiger partial charge in [-0.2, -0.15) is 5.21 Å². The molecule has 1 N–H and O–H groups in total. The highest BCUT2D eigenvalue weighted by molar-refractivity contribution is 5.89. The predicted octanol–water partition coefficient (Wildman–Crippen LogP) is 0.955. The van der Waals surface area contributed by atoms with Crippen molar-refractivity contribution in [2.45, 2.75) is 13.5 Å². The lowest BCUT2D eigenvalue weighted by Gasteiger charge is -2.05. The smallest absolute Gasteiger partial charge is 0.338 e. The summed E-state index contributed by atoms with van der Waals surface area (Å²) in [5, 5.41) is 13.3. The number of aromatic amines is 1. The number of H-pyrrole nitrogens is 1. The van der Waals surface area contributed by atoms with Crippen molar-refractivity contribution in [3.63, 3.8) is 0 Å². The van der Waals surface area contributed by atoms with Gasteiger partial charge < -0.3 is 9.47 Å². The van der Waals surface area contributed by atoms with Gasteiger partial charge in [0.2, 0.25) is 5.82 Å². The van der Waals surface area contributed by atoms with E-state index in [0.717, 1.165) is 0 Å². The Hall–Kier alpha value is -2.44. The van der Waals surface area contributed by atoms with E-state index in [2.05, 4.69) is 20.6 Å². The summed E-state index contributed by atoms with van der Waals surface area (Å²) in [6.07, 6.45) is 0. The van der Waals surface area contributed by atoms with Crippen LogP contribution in [0.25, 0.3) is 0 Å². The molecule has 0 spiro atoms. The molecule has 1 aromatic carbocycles. The lowest BCUT2D eigenvalue weighted by atomic mass is 10.2. The molecule has 2 rings (SSSR count). The average Bonchev–Trinajstić information content (AvgIpc) is 2.90. The minimum atomic E-state index is -0.345. The Labute approximate surface area is 103 Å². The van der Waals surface area contributed by atoms with Crippen molar-refractivity contribution in [2.75, 3.05) is 6.61 Å². The lowest BCUT2D eigenvalue weighted by molar-refractivity contribution is 0.0526. The standard InChI is InChI=1S/C11H12N4O3/c1-2-17-11(16)8-3-5-9(6-4-8)18-7-10-12-14-15-13-10/h3-6H,2,7H2,1H3,(H,12,13,14,15). The second kappa shape index (κ2) is 5.76. The molecule has 7 nitrogen and oxygen atoms in total. The monoisotopic (exact) mass is 248 g/mol. The van der Waals surface area contributed by atoms with E-state index in [1.54, 1.807) is 31.2 Å². The number of carbonyl (C=O) groups excluding carboxylic acids is 1. The van der Waals surface area contributed by atoms with Crippen LogP contribution >= 0.6 is 0 Å². The molecule has 1 heterocycles. The highest BCUT2D eigenvalue weighted by atomic mass is 16.5. The van der Waals surface area contributed by atoms with E-state index in [0.29, 0.717) is 23.7 Å². The largest absolute Gasteiger partial charge is 0.485 e. The number of nitrogens with one attached hydrogen (secondary N) is 1. The van der Waals surface area contributed by atoms with Gasteiger partial charge in [-0.25, -0.2) is 4.79 Å². The van der Waals surface area contributed by atoms with Crippen LogP contribution in [0.15, 0.2) is 24.3 Å². The molecule has 1 aromatic heterocycles. The Kier molecular flexibility index (Phi) is 3.85. The molecule has 94 valence electrons. The Morgan fingerprint density at radius 3 is 2.72 bits per heavy atom. The van der Waals surface area contributed by atoms with Gasteiger partial charge in [-0.05, 0) is 31.2 Å². The van der Waals surface area contributed by atoms with Crippen molar-refractivity contribution in [1.82, 2.24) is 20.6 Å². The van der Waals surface area contributed by atoms with Crippen molar-refractivity contribution in [1.29, 1.82) is 0 Å². The highest BCUT2D eigenvalue weighted by Gasteiger charge is 2.06. The molecule has 0 amide bonds. The van der Waals surface area contributed by atoms with Gasteiger partial charge in [-0.15, -0.1) is 10.2 Å². The third kappa shape index (κ3) is 3.03. The highest BCUT2D eigenvalue weighted by Crippen LogP contribution is 2.13. The molecule has 0 atom stereocenters. The van der Waals surface area contributed by atoms with Gasteiger partial charge in [0.25, 0.3) is 0 Å². The number of nitrogens with zero attached hydrogens (tertiary/aromatic N) is 3. The van der Waals surface area contributed by atoms with Crippen LogP contribution in [-0.2, 0) is 11.3 Å². The summed E-state index contributed by atoms with van der Waals surface area (Å²) in [6, 6.07) is 6.66. The molecular formula is C11H12N4O3. The molecule has 0 bridgehead atoms. The Morgan fingerprint density at radius 1 is 1.33 bits per heavy atom. The van der Waals surface area contributed by atoms with E-state index in [9.17, 15) is 4.79 Å². The topological polar surface area (TPSA) is 90.0 Å². The van der Waals surface area contributed by atoms with Crippen LogP contribution in [0.3, 0.4) is 0 Å². The Balaban J connectivity index is 1.93. The normalized spacial score (nSPS) is 10.1. The number of aromatic nitrogens is 4. The summed E-state index contributed by atoms with van der Waals surface area (Å²) in [5.41, 5.74) is 0.490. The average molecular weight is 248 g/mol. The lowest BCUT2D eigenvalue weighted by Crippen LogP contribution is -2.04. The fourth-order valence-electron chi connectivity index (χ4n) is 1.29. The SMILES string of the molecule is CCOC(=O)c1ccc(OCc2nn[nH]n2)cc1. The fraction of sp³-hybridized carbons (Fsp3) is 0.273. The predicted molar refractivity (Wildman–Crippen MR) is 60.9 cm³/mol. The summed E-state index contributed by atoms with van der Waals surface area (Å²) in [4.78, 5) is 11.4. The molecular weight excluding hydrogens is 236 g/mol. The maximum atomic E-state index is 11.4. The Bertz CT molecular complexity index is 496. The first-order chi connectivity index (χ1) is 8.79. The number of carbonyl (C=O) groups is 1. The summed E-state index contributed by atoms with van der Waals surface area (Å²) in [6.45, 7) is 2.34. The molecule has 0 saturated heterocycles. The van der Waals surface area contributed by atoms with E-state index >= 15 is 0 Å². The van der Waals surface area contributed by atoms with Gasteiger partial charge in [0.15, 0.2) is 6.61 Å².